The fraction of sp³-hybridized carbons (Fsp3) is 0.444. The van der Waals surface area contributed by atoms with Crippen LogP contribution in [0.25, 0.3) is 11.0 Å². The van der Waals surface area contributed by atoms with Crippen LogP contribution >= 0.6 is 0 Å². The largest absolute Gasteiger partial charge is 0.339 e. The first-order chi connectivity index (χ1) is 11.7. The van der Waals surface area contributed by atoms with Crippen LogP contribution in [0.15, 0.2) is 30.6 Å². The fourth-order valence-electron chi connectivity index (χ4n) is 3.76. The molecule has 124 valence electrons. The van der Waals surface area contributed by atoms with E-state index < -0.39 is 0 Å². The lowest BCUT2D eigenvalue weighted by atomic mass is 10.1. The molecule has 2 aromatic rings. The maximum atomic E-state index is 12.5. The van der Waals surface area contributed by atoms with Crippen molar-refractivity contribution in [2.24, 2.45) is 5.92 Å². The zero-order valence-corrected chi connectivity index (χ0v) is 13.4. The third-order valence-electron chi connectivity index (χ3n) is 5.03. The van der Waals surface area contributed by atoms with Crippen LogP contribution in [0.4, 0.5) is 5.69 Å². The van der Waals surface area contributed by atoms with Crippen molar-refractivity contribution < 1.29 is 9.59 Å². The highest BCUT2D eigenvalue weighted by molar-refractivity contribution is 5.98. The van der Waals surface area contributed by atoms with Crippen molar-refractivity contribution in [3.05, 3.63) is 30.6 Å². The van der Waals surface area contributed by atoms with Crippen molar-refractivity contribution in [3.63, 3.8) is 0 Å². The molecule has 6 heteroatoms. The first kappa shape index (κ1) is 15.1. The summed E-state index contributed by atoms with van der Waals surface area (Å²) in [7, 11) is 0. The number of amides is 2. The van der Waals surface area contributed by atoms with Gasteiger partial charge in [-0.2, -0.15) is 0 Å². The van der Waals surface area contributed by atoms with E-state index >= 15 is 0 Å². The summed E-state index contributed by atoms with van der Waals surface area (Å²) < 4.78 is 0. The molecule has 6 nitrogen and oxygen atoms in total. The molecular weight excluding hydrogens is 304 g/mol. The number of benzene rings is 1. The van der Waals surface area contributed by atoms with E-state index in [0.717, 1.165) is 23.9 Å². The molecule has 2 fully saturated rings. The number of hydrogen-bond donors (Lipinski definition) is 1. The number of nitrogens with zero attached hydrogens (tertiary/aromatic N) is 3. The highest BCUT2D eigenvalue weighted by atomic mass is 16.2. The van der Waals surface area contributed by atoms with E-state index in [2.05, 4.69) is 15.3 Å². The fourth-order valence-corrected chi connectivity index (χ4v) is 3.76. The van der Waals surface area contributed by atoms with Crippen LogP contribution in [0.3, 0.4) is 0 Å². The number of hydrogen-bond acceptors (Lipinski definition) is 4. The van der Waals surface area contributed by atoms with Crippen LogP contribution in [0.1, 0.15) is 32.1 Å². The van der Waals surface area contributed by atoms with Crippen molar-refractivity contribution in [1.29, 1.82) is 0 Å². The minimum atomic E-state index is -0.268. The molecule has 0 spiro atoms. The Morgan fingerprint density at radius 2 is 1.88 bits per heavy atom. The Bertz CT molecular complexity index is 785. The van der Waals surface area contributed by atoms with E-state index in [0.29, 0.717) is 24.7 Å². The lowest BCUT2D eigenvalue weighted by molar-refractivity contribution is -0.129. The summed E-state index contributed by atoms with van der Waals surface area (Å²) in [5, 5.41) is 2.92. The number of carbonyl (C=O) groups excluding carboxylic acids is 2. The number of carbonyl (C=O) groups is 2. The molecule has 1 saturated heterocycles. The Hall–Kier alpha value is -2.50. The van der Waals surface area contributed by atoms with Gasteiger partial charge in [0.25, 0.3) is 0 Å². The summed E-state index contributed by atoms with van der Waals surface area (Å²) in [6, 6.07) is 5.81. The number of likely N-dealkylation sites (tertiary alicyclic amines) is 1. The summed E-state index contributed by atoms with van der Waals surface area (Å²) in [5.41, 5.74) is 2.23. The minimum absolute atomic E-state index is 0.0907. The molecule has 2 aliphatic rings. The topological polar surface area (TPSA) is 75.2 Å². The average Bonchev–Trinajstić information content (AvgIpc) is 3.24. The summed E-state index contributed by atoms with van der Waals surface area (Å²) in [5.74, 6) is -0.242. The van der Waals surface area contributed by atoms with Crippen LogP contribution in [0.5, 0.6) is 0 Å². The summed E-state index contributed by atoms with van der Waals surface area (Å²) in [4.78, 5) is 35.1. The van der Waals surface area contributed by atoms with E-state index in [9.17, 15) is 9.59 Å². The highest BCUT2D eigenvalue weighted by Gasteiger charge is 2.38. The van der Waals surface area contributed by atoms with Crippen LogP contribution in [0.2, 0.25) is 0 Å². The molecule has 24 heavy (non-hydrogen) atoms. The van der Waals surface area contributed by atoms with Gasteiger partial charge in [0.15, 0.2) is 0 Å². The molecule has 1 N–H and O–H groups in total. The Morgan fingerprint density at radius 1 is 1.12 bits per heavy atom. The van der Waals surface area contributed by atoms with E-state index in [4.69, 9.17) is 0 Å². The molecule has 2 heterocycles. The molecule has 1 aromatic heterocycles. The molecule has 1 saturated carbocycles. The maximum Gasteiger partial charge on any atom is 0.229 e. The van der Waals surface area contributed by atoms with Crippen LogP contribution < -0.4 is 5.32 Å². The second-order valence-corrected chi connectivity index (χ2v) is 6.63. The van der Waals surface area contributed by atoms with Gasteiger partial charge in [-0.05, 0) is 31.0 Å². The number of anilines is 1. The van der Waals surface area contributed by atoms with Crippen molar-refractivity contribution in [2.75, 3.05) is 11.9 Å². The third kappa shape index (κ3) is 2.84. The Labute approximate surface area is 140 Å². The van der Waals surface area contributed by atoms with Gasteiger partial charge in [-0.15, -0.1) is 0 Å². The quantitative estimate of drug-likeness (QED) is 0.940. The van der Waals surface area contributed by atoms with E-state index in [1.54, 1.807) is 12.4 Å². The predicted molar refractivity (Wildman–Crippen MR) is 90.2 cm³/mol. The van der Waals surface area contributed by atoms with E-state index in [1.165, 1.54) is 12.8 Å². The molecule has 4 rings (SSSR count). The Balaban J connectivity index is 1.44. The smallest absolute Gasteiger partial charge is 0.229 e. The van der Waals surface area contributed by atoms with Crippen molar-refractivity contribution >= 4 is 28.5 Å². The van der Waals surface area contributed by atoms with E-state index in [1.807, 2.05) is 23.1 Å². The van der Waals surface area contributed by atoms with Crippen molar-refractivity contribution in [1.82, 2.24) is 14.9 Å². The van der Waals surface area contributed by atoms with Crippen LogP contribution in [0, 0.1) is 5.92 Å². The van der Waals surface area contributed by atoms with Gasteiger partial charge < -0.3 is 10.2 Å². The first-order valence-electron chi connectivity index (χ1n) is 8.52. The number of nitrogens with one attached hydrogen (secondary N) is 1. The first-order valence-corrected chi connectivity index (χ1v) is 8.52. The van der Waals surface area contributed by atoms with Gasteiger partial charge in [0.2, 0.25) is 11.8 Å². The molecular formula is C18H20N4O2. The van der Waals surface area contributed by atoms with Crippen LogP contribution in [-0.2, 0) is 9.59 Å². The molecule has 2 amide bonds. The van der Waals surface area contributed by atoms with Crippen molar-refractivity contribution in [2.45, 2.75) is 38.1 Å². The standard InChI is InChI=1S/C18H20N4O2/c23-17-9-12(11-22(17)14-3-1-2-4-14)18(24)21-13-5-6-15-16(10-13)20-8-7-19-15/h5-8,10,12,14H,1-4,9,11H2,(H,21,24)/t12-/m0/s1. The van der Waals surface area contributed by atoms with Crippen LogP contribution in [-0.4, -0.2) is 39.3 Å². The average molecular weight is 324 g/mol. The van der Waals surface area contributed by atoms with Gasteiger partial charge in [-0.25, -0.2) is 0 Å². The van der Waals surface area contributed by atoms with Gasteiger partial charge in [0.05, 0.1) is 17.0 Å². The molecule has 1 atom stereocenters. The number of aromatic nitrogens is 2. The summed E-state index contributed by atoms with van der Waals surface area (Å²) >= 11 is 0. The molecule has 1 aliphatic carbocycles. The highest BCUT2D eigenvalue weighted by Crippen LogP contribution is 2.30. The molecule has 0 unspecified atom stereocenters. The van der Waals surface area contributed by atoms with Gasteiger partial charge in [0, 0.05) is 37.1 Å². The predicted octanol–water partition coefficient (Wildman–Crippen LogP) is 2.36. The lowest BCUT2D eigenvalue weighted by Gasteiger charge is -2.23. The maximum absolute atomic E-state index is 12.5. The number of fused-ring (bicyclic) bond motifs is 1. The van der Waals surface area contributed by atoms with E-state index in [-0.39, 0.29) is 17.7 Å². The lowest BCUT2D eigenvalue weighted by Crippen LogP contribution is -2.35. The second kappa shape index (κ2) is 6.19. The second-order valence-electron chi connectivity index (χ2n) is 6.63. The van der Waals surface area contributed by atoms with Gasteiger partial charge in [0.1, 0.15) is 0 Å². The molecule has 1 aromatic carbocycles. The Kier molecular flexibility index (Phi) is 3.88. The summed E-state index contributed by atoms with van der Waals surface area (Å²) in [6.07, 6.45) is 8.10. The normalized spacial score (nSPS) is 21.6. The molecule has 0 radical (unpaired) electrons. The zero-order valence-electron chi connectivity index (χ0n) is 13.4. The molecule has 1 aliphatic heterocycles. The van der Waals surface area contributed by atoms with Gasteiger partial charge in [-0.1, -0.05) is 12.8 Å². The SMILES string of the molecule is O=C(Nc1ccc2nccnc2c1)[C@H]1CC(=O)N(C2CCCC2)C1. The monoisotopic (exact) mass is 324 g/mol. The Morgan fingerprint density at radius 3 is 2.67 bits per heavy atom. The summed E-state index contributed by atoms with van der Waals surface area (Å²) in [6.45, 7) is 0.544. The van der Waals surface area contributed by atoms with Crippen molar-refractivity contribution in [3.8, 4) is 0 Å². The third-order valence-corrected chi connectivity index (χ3v) is 5.03. The molecule has 0 bridgehead atoms. The van der Waals surface area contributed by atoms with Gasteiger partial charge in [-0.3, -0.25) is 19.6 Å². The zero-order chi connectivity index (χ0) is 16.5. The van der Waals surface area contributed by atoms with Gasteiger partial charge >= 0.3 is 0 Å². The number of rotatable bonds is 3. The minimum Gasteiger partial charge on any atom is -0.339 e.